The zero-order valence-electron chi connectivity index (χ0n) is 15.9. The number of barbiturate groups is 1. The van der Waals surface area contributed by atoms with Gasteiger partial charge in [-0.05, 0) is 74.9 Å². The Kier molecular flexibility index (Phi) is 4.38. The number of fused-ring (bicyclic) bond motifs is 1. The van der Waals surface area contributed by atoms with Crippen LogP contribution in [0.4, 0.5) is 10.5 Å². The molecule has 0 radical (unpaired) electrons. The van der Waals surface area contributed by atoms with Crippen molar-refractivity contribution in [2.75, 3.05) is 11.4 Å². The summed E-state index contributed by atoms with van der Waals surface area (Å²) in [5.74, 6) is -0.961. The maximum atomic E-state index is 12.0. The van der Waals surface area contributed by atoms with E-state index in [4.69, 9.17) is 0 Å². The summed E-state index contributed by atoms with van der Waals surface area (Å²) in [5.41, 5.74) is 4.26. The monoisotopic (exact) mass is 355 g/mol. The average molecular weight is 355 g/mol. The number of rotatable bonds is 2. The highest BCUT2D eigenvalue weighted by atomic mass is 16.2. The third-order valence-electron chi connectivity index (χ3n) is 5.33. The van der Waals surface area contributed by atoms with E-state index < -0.39 is 17.8 Å². The largest absolute Gasteiger partial charge is 0.366 e. The Morgan fingerprint density at radius 3 is 2.38 bits per heavy atom. The van der Waals surface area contributed by atoms with Gasteiger partial charge in [-0.15, -0.1) is 0 Å². The topological polar surface area (TPSA) is 78.5 Å². The van der Waals surface area contributed by atoms with Crippen LogP contribution >= 0.6 is 0 Å². The molecule has 2 N–H and O–H groups in total. The molecule has 4 amide bonds. The van der Waals surface area contributed by atoms with Crippen molar-refractivity contribution in [3.8, 4) is 0 Å². The maximum absolute atomic E-state index is 12.0. The molecule has 1 aromatic rings. The molecule has 2 aliphatic rings. The summed E-state index contributed by atoms with van der Waals surface area (Å²) >= 11 is 0. The van der Waals surface area contributed by atoms with Crippen LogP contribution in [0.2, 0.25) is 0 Å². The third kappa shape index (κ3) is 3.00. The minimum atomic E-state index is -0.784. The van der Waals surface area contributed by atoms with Crippen molar-refractivity contribution in [3.63, 3.8) is 0 Å². The summed E-state index contributed by atoms with van der Waals surface area (Å²) in [6, 6.07) is 3.41. The van der Waals surface area contributed by atoms with Gasteiger partial charge in [-0.3, -0.25) is 20.2 Å². The van der Waals surface area contributed by atoms with Crippen molar-refractivity contribution in [1.29, 1.82) is 0 Å². The van der Waals surface area contributed by atoms with Crippen LogP contribution in [0.3, 0.4) is 0 Å². The van der Waals surface area contributed by atoms with E-state index in [-0.39, 0.29) is 11.1 Å². The van der Waals surface area contributed by atoms with E-state index in [1.807, 2.05) is 6.92 Å². The fourth-order valence-electron chi connectivity index (χ4n) is 4.17. The predicted octanol–water partition coefficient (Wildman–Crippen LogP) is 2.86. The molecule has 0 aromatic heterocycles. The van der Waals surface area contributed by atoms with Crippen LogP contribution in [0.5, 0.6) is 0 Å². The standard InChI is InChI=1S/C20H25N3O3/c1-6-23-16-7-11(2)13(8-14(16)12(3)10-20(23,4)5)9-15-17(24)21-19(26)22-18(15)25/h7-9,12H,6,10H2,1-5H3,(H2,21,22,24,25,26). The zero-order valence-corrected chi connectivity index (χ0v) is 15.9. The fourth-order valence-corrected chi connectivity index (χ4v) is 4.17. The number of aryl methyl sites for hydroxylation is 1. The number of imide groups is 2. The fraction of sp³-hybridized carbons (Fsp3) is 0.450. The van der Waals surface area contributed by atoms with Gasteiger partial charge in [-0.1, -0.05) is 6.92 Å². The first-order valence-electron chi connectivity index (χ1n) is 8.94. The van der Waals surface area contributed by atoms with Crippen LogP contribution < -0.4 is 15.5 Å². The molecule has 1 unspecified atom stereocenters. The molecule has 0 spiro atoms. The highest BCUT2D eigenvalue weighted by Crippen LogP contribution is 2.44. The highest BCUT2D eigenvalue weighted by molar-refractivity contribution is 6.31. The Balaban J connectivity index is 2.08. The lowest BCUT2D eigenvalue weighted by atomic mass is 9.79. The first-order valence-corrected chi connectivity index (χ1v) is 8.94. The smallest absolute Gasteiger partial charge is 0.328 e. The molecule has 3 rings (SSSR count). The van der Waals surface area contributed by atoms with Crippen molar-refractivity contribution in [2.45, 2.75) is 52.5 Å². The lowest BCUT2D eigenvalue weighted by Gasteiger charge is -2.47. The molecule has 0 bridgehead atoms. The Bertz CT molecular complexity index is 817. The summed E-state index contributed by atoms with van der Waals surface area (Å²) in [6.07, 6.45) is 2.60. The molecule has 1 atom stereocenters. The maximum Gasteiger partial charge on any atom is 0.328 e. The van der Waals surface area contributed by atoms with Crippen molar-refractivity contribution >= 4 is 29.6 Å². The number of urea groups is 1. The van der Waals surface area contributed by atoms with Gasteiger partial charge in [0.05, 0.1) is 0 Å². The van der Waals surface area contributed by atoms with Gasteiger partial charge in [0.1, 0.15) is 5.57 Å². The zero-order chi connectivity index (χ0) is 19.2. The Morgan fingerprint density at radius 1 is 1.19 bits per heavy atom. The first kappa shape index (κ1) is 18.2. The van der Waals surface area contributed by atoms with Gasteiger partial charge in [0.2, 0.25) is 0 Å². The molecular formula is C20H25N3O3. The van der Waals surface area contributed by atoms with Gasteiger partial charge in [0.15, 0.2) is 0 Å². The van der Waals surface area contributed by atoms with Gasteiger partial charge in [-0.2, -0.15) is 0 Å². The average Bonchev–Trinajstić information content (AvgIpc) is 2.51. The molecule has 6 heteroatoms. The molecule has 0 saturated carbocycles. The number of carbonyl (C=O) groups excluding carboxylic acids is 3. The van der Waals surface area contributed by atoms with Crippen molar-refractivity contribution in [3.05, 3.63) is 34.4 Å². The Hall–Kier alpha value is -2.63. The van der Waals surface area contributed by atoms with Gasteiger partial charge >= 0.3 is 6.03 Å². The second-order valence-electron chi connectivity index (χ2n) is 7.72. The van der Waals surface area contributed by atoms with E-state index in [1.165, 1.54) is 11.3 Å². The molecule has 1 saturated heterocycles. The van der Waals surface area contributed by atoms with Crippen molar-refractivity contribution in [1.82, 2.24) is 10.6 Å². The number of amides is 4. The summed E-state index contributed by atoms with van der Waals surface area (Å²) < 4.78 is 0. The number of anilines is 1. The summed E-state index contributed by atoms with van der Waals surface area (Å²) in [5, 5.41) is 4.22. The van der Waals surface area contributed by atoms with Gasteiger partial charge in [0.25, 0.3) is 11.8 Å². The summed E-state index contributed by atoms with van der Waals surface area (Å²) in [6.45, 7) is 11.8. The van der Waals surface area contributed by atoms with Crippen LogP contribution in [0, 0.1) is 6.92 Å². The van der Waals surface area contributed by atoms with Crippen LogP contribution in [-0.2, 0) is 9.59 Å². The molecular weight excluding hydrogens is 330 g/mol. The number of benzene rings is 1. The molecule has 26 heavy (non-hydrogen) atoms. The third-order valence-corrected chi connectivity index (χ3v) is 5.33. The number of hydrogen-bond donors (Lipinski definition) is 2. The second kappa shape index (κ2) is 6.27. The Morgan fingerprint density at radius 2 is 1.81 bits per heavy atom. The van der Waals surface area contributed by atoms with Gasteiger partial charge in [0, 0.05) is 17.8 Å². The van der Waals surface area contributed by atoms with E-state index >= 15 is 0 Å². The van der Waals surface area contributed by atoms with E-state index in [9.17, 15) is 14.4 Å². The number of nitrogens with zero attached hydrogens (tertiary/aromatic N) is 1. The van der Waals surface area contributed by atoms with Crippen LogP contribution in [0.1, 0.15) is 56.7 Å². The van der Waals surface area contributed by atoms with Crippen LogP contribution in [-0.4, -0.2) is 29.9 Å². The van der Waals surface area contributed by atoms with Gasteiger partial charge in [-0.25, -0.2) is 4.79 Å². The second-order valence-corrected chi connectivity index (χ2v) is 7.72. The quantitative estimate of drug-likeness (QED) is 0.632. The number of nitrogens with one attached hydrogen (secondary N) is 2. The SMILES string of the molecule is CCN1c2cc(C)c(C=C3C(=O)NC(=O)NC3=O)cc2C(C)CC1(C)C. The molecule has 1 fully saturated rings. The predicted molar refractivity (Wildman–Crippen MR) is 101 cm³/mol. The first-order chi connectivity index (χ1) is 12.1. The normalized spacial score (nSPS) is 21.9. The summed E-state index contributed by atoms with van der Waals surface area (Å²) in [7, 11) is 0. The van der Waals surface area contributed by atoms with Crippen molar-refractivity contribution < 1.29 is 14.4 Å². The van der Waals surface area contributed by atoms with Crippen LogP contribution in [0.25, 0.3) is 6.08 Å². The van der Waals surface area contributed by atoms with Crippen molar-refractivity contribution in [2.24, 2.45) is 0 Å². The minimum absolute atomic E-state index is 0.0520. The molecule has 1 aromatic carbocycles. The molecule has 2 aliphatic heterocycles. The molecule has 2 heterocycles. The van der Waals surface area contributed by atoms with Gasteiger partial charge < -0.3 is 4.90 Å². The minimum Gasteiger partial charge on any atom is -0.366 e. The molecule has 0 aliphatic carbocycles. The van der Waals surface area contributed by atoms with E-state index in [0.717, 1.165) is 24.1 Å². The van der Waals surface area contributed by atoms with Crippen LogP contribution in [0.15, 0.2) is 17.7 Å². The van der Waals surface area contributed by atoms with E-state index in [2.05, 4.69) is 55.4 Å². The lowest BCUT2D eigenvalue weighted by molar-refractivity contribution is -0.123. The number of carbonyl (C=O) groups is 3. The van der Waals surface area contributed by atoms with E-state index in [0.29, 0.717) is 5.92 Å². The summed E-state index contributed by atoms with van der Waals surface area (Å²) in [4.78, 5) is 37.6. The van der Waals surface area contributed by atoms with E-state index in [1.54, 1.807) is 6.08 Å². The number of hydrogen-bond acceptors (Lipinski definition) is 4. The highest BCUT2D eigenvalue weighted by Gasteiger charge is 2.36. The lowest BCUT2D eigenvalue weighted by Crippen LogP contribution is -2.51. The molecule has 138 valence electrons. The molecule has 6 nitrogen and oxygen atoms in total. The Labute approximate surface area is 153 Å².